The summed E-state index contributed by atoms with van der Waals surface area (Å²) in [5.74, 6) is -0.442. The minimum atomic E-state index is -0.622. The van der Waals surface area contributed by atoms with E-state index in [0.29, 0.717) is 6.61 Å². The Morgan fingerprint density at radius 2 is 2.46 bits per heavy atom. The maximum Gasteiger partial charge on any atom is 0.228 e. The van der Waals surface area contributed by atoms with Gasteiger partial charge in [-0.05, 0) is 6.92 Å². The van der Waals surface area contributed by atoms with Crippen LogP contribution >= 0.6 is 0 Å². The van der Waals surface area contributed by atoms with Gasteiger partial charge in [0.2, 0.25) is 5.91 Å². The molecule has 5 nitrogen and oxygen atoms in total. The van der Waals surface area contributed by atoms with Crippen molar-refractivity contribution in [2.45, 2.75) is 25.2 Å². The van der Waals surface area contributed by atoms with Crippen LogP contribution in [0.25, 0.3) is 0 Å². The number of hydrogen-bond donors (Lipinski definition) is 2. The highest BCUT2D eigenvalue weighted by Crippen LogP contribution is 2.25. The van der Waals surface area contributed by atoms with Crippen molar-refractivity contribution in [3.63, 3.8) is 0 Å². The quantitative estimate of drug-likeness (QED) is 0.536. The first-order valence-electron chi connectivity index (χ1n) is 4.38. The van der Waals surface area contributed by atoms with E-state index in [1.54, 1.807) is 6.92 Å². The maximum absolute atomic E-state index is 11.1. The fraction of sp³-hybridized carbons (Fsp3) is 0.875. The first-order chi connectivity index (χ1) is 6.20. The molecule has 2 heterocycles. The van der Waals surface area contributed by atoms with Gasteiger partial charge in [0.1, 0.15) is 12.9 Å². The SMILES string of the molecule is C[C@@H](O)[C@H]1C(=O)N[C@@H]1[C@H]1COCO1. The lowest BCUT2D eigenvalue weighted by molar-refractivity contribution is -0.145. The van der Waals surface area contributed by atoms with E-state index in [0.717, 1.165) is 0 Å². The second-order valence-electron chi connectivity index (χ2n) is 3.49. The highest BCUT2D eigenvalue weighted by Gasteiger charge is 2.48. The molecule has 0 saturated carbocycles. The highest BCUT2D eigenvalue weighted by atomic mass is 16.7. The van der Waals surface area contributed by atoms with Crippen LogP contribution in [0.4, 0.5) is 0 Å². The predicted octanol–water partition coefficient (Wildman–Crippen LogP) is -1.15. The molecule has 2 aliphatic heterocycles. The molecule has 5 heteroatoms. The zero-order valence-corrected chi connectivity index (χ0v) is 7.40. The number of aliphatic hydroxyl groups excluding tert-OH is 1. The Labute approximate surface area is 76.0 Å². The van der Waals surface area contributed by atoms with E-state index in [9.17, 15) is 9.90 Å². The van der Waals surface area contributed by atoms with Crippen molar-refractivity contribution in [1.82, 2.24) is 5.32 Å². The summed E-state index contributed by atoms with van der Waals surface area (Å²) in [5, 5.41) is 12.0. The lowest BCUT2D eigenvalue weighted by atomic mass is 9.83. The minimum absolute atomic E-state index is 0.0880. The molecule has 0 spiro atoms. The second kappa shape index (κ2) is 3.25. The average Bonchev–Trinajstić information content (AvgIpc) is 2.50. The lowest BCUT2D eigenvalue weighted by Crippen LogP contribution is -2.66. The second-order valence-corrected chi connectivity index (χ2v) is 3.49. The summed E-state index contributed by atoms with van der Waals surface area (Å²) in [5.41, 5.74) is 0. The minimum Gasteiger partial charge on any atom is -0.393 e. The van der Waals surface area contributed by atoms with E-state index in [4.69, 9.17) is 9.47 Å². The molecular weight excluding hydrogens is 174 g/mol. The molecule has 2 aliphatic rings. The van der Waals surface area contributed by atoms with Crippen LogP contribution in [0.3, 0.4) is 0 Å². The highest BCUT2D eigenvalue weighted by molar-refractivity contribution is 5.86. The van der Waals surface area contributed by atoms with Gasteiger partial charge in [-0.25, -0.2) is 0 Å². The van der Waals surface area contributed by atoms with Gasteiger partial charge in [-0.15, -0.1) is 0 Å². The van der Waals surface area contributed by atoms with E-state index < -0.39 is 6.10 Å². The monoisotopic (exact) mass is 187 g/mol. The Balaban J connectivity index is 1.97. The summed E-state index contributed by atoms with van der Waals surface area (Å²) in [7, 11) is 0. The number of rotatable bonds is 2. The molecule has 0 unspecified atom stereocenters. The molecular formula is C8H13NO4. The van der Waals surface area contributed by atoms with E-state index in [1.807, 2.05) is 0 Å². The summed E-state index contributed by atoms with van der Waals surface area (Å²) in [4.78, 5) is 11.1. The zero-order valence-electron chi connectivity index (χ0n) is 7.40. The summed E-state index contributed by atoms with van der Waals surface area (Å²) in [6.07, 6.45) is -0.722. The smallest absolute Gasteiger partial charge is 0.228 e. The van der Waals surface area contributed by atoms with Crippen LogP contribution in [0.15, 0.2) is 0 Å². The van der Waals surface area contributed by atoms with Crippen molar-refractivity contribution < 1.29 is 19.4 Å². The number of carbonyl (C=O) groups excluding carboxylic acids is 1. The Morgan fingerprint density at radius 3 is 2.92 bits per heavy atom. The fourth-order valence-electron chi connectivity index (χ4n) is 1.82. The summed E-state index contributed by atoms with van der Waals surface area (Å²) in [6.45, 7) is 2.39. The molecule has 1 amide bonds. The van der Waals surface area contributed by atoms with Crippen LogP contribution in [0.5, 0.6) is 0 Å². The molecule has 0 aliphatic carbocycles. The number of aliphatic hydroxyl groups is 1. The third kappa shape index (κ3) is 1.43. The first-order valence-corrected chi connectivity index (χ1v) is 4.38. The normalized spacial score (nSPS) is 41.1. The number of ether oxygens (including phenoxy) is 2. The number of carbonyl (C=O) groups is 1. The van der Waals surface area contributed by atoms with Crippen LogP contribution in [-0.2, 0) is 14.3 Å². The molecule has 2 rings (SSSR count). The van der Waals surface area contributed by atoms with Crippen molar-refractivity contribution in [3.05, 3.63) is 0 Å². The van der Waals surface area contributed by atoms with Gasteiger partial charge in [-0.3, -0.25) is 4.79 Å². The molecule has 2 saturated heterocycles. The van der Waals surface area contributed by atoms with Crippen molar-refractivity contribution in [2.24, 2.45) is 5.92 Å². The Morgan fingerprint density at radius 1 is 1.69 bits per heavy atom. The molecule has 74 valence electrons. The van der Waals surface area contributed by atoms with Crippen molar-refractivity contribution in [1.29, 1.82) is 0 Å². The molecule has 0 aromatic rings. The number of hydrogen-bond acceptors (Lipinski definition) is 4. The molecule has 4 atom stereocenters. The van der Waals surface area contributed by atoms with Gasteiger partial charge < -0.3 is 19.9 Å². The molecule has 2 N–H and O–H groups in total. The van der Waals surface area contributed by atoms with Gasteiger partial charge in [0.05, 0.1) is 24.7 Å². The van der Waals surface area contributed by atoms with Crippen LogP contribution < -0.4 is 5.32 Å². The first kappa shape index (κ1) is 8.93. The van der Waals surface area contributed by atoms with Crippen LogP contribution in [0.2, 0.25) is 0 Å². The molecule has 2 fully saturated rings. The van der Waals surface area contributed by atoms with E-state index in [-0.39, 0.29) is 30.8 Å². The van der Waals surface area contributed by atoms with E-state index in [2.05, 4.69) is 5.32 Å². The van der Waals surface area contributed by atoms with Crippen molar-refractivity contribution in [3.8, 4) is 0 Å². The molecule has 0 radical (unpaired) electrons. The Bertz CT molecular complexity index is 212. The van der Waals surface area contributed by atoms with Crippen molar-refractivity contribution in [2.75, 3.05) is 13.4 Å². The van der Waals surface area contributed by atoms with Gasteiger partial charge >= 0.3 is 0 Å². The van der Waals surface area contributed by atoms with Crippen LogP contribution in [0, 0.1) is 5.92 Å². The summed E-state index contributed by atoms with van der Waals surface area (Å²) >= 11 is 0. The maximum atomic E-state index is 11.1. The third-order valence-electron chi connectivity index (χ3n) is 2.57. The standard InChI is InChI=1S/C8H13NO4/c1-4(10)6-7(9-8(6)11)5-2-12-3-13-5/h4-7,10H,2-3H2,1H3,(H,9,11)/t4-,5-,6-,7-/m1/s1. The zero-order chi connectivity index (χ0) is 9.42. The number of nitrogens with one attached hydrogen (secondary N) is 1. The van der Waals surface area contributed by atoms with Gasteiger partial charge in [-0.1, -0.05) is 0 Å². The van der Waals surface area contributed by atoms with E-state index in [1.165, 1.54) is 0 Å². The van der Waals surface area contributed by atoms with Crippen LogP contribution in [0.1, 0.15) is 6.92 Å². The van der Waals surface area contributed by atoms with Gasteiger partial charge in [0.15, 0.2) is 0 Å². The van der Waals surface area contributed by atoms with Crippen LogP contribution in [-0.4, -0.2) is 42.7 Å². The predicted molar refractivity (Wildman–Crippen MR) is 42.8 cm³/mol. The molecule has 0 aromatic heterocycles. The number of β-lactam (4-membered cyclic amide) rings is 1. The van der Waals surface area contributed by atoms with Gasteiger partial charge in [-0.2, -0.15) is 0 Å². The third-order valence-corrected chi connectivity index (χ3v) is 2.57. The molecule has 0 bridgehead atoms. The van der Waals surface area contributed by atoms with Gasteiger partial charge in [0, 0.05) is 0 Å². The van der Waals surface area contributed by atoms with Crippen molar-refractivity contribution >= 4 is 5.91 Å². The van der Waals surface area contributed by atoms with E-state index >= 15 is 0 Å². The lowest BCUT2D eigenvalue weighted by Gasteiger charge is -2.40. The molecule has 13 heavy (non-hydrogen) atoms. The summed E-state index contributed by atoms with van der Waals surface area (Å²) < 4.78 is 10.3. The topological polar surface area (TPSA) is 67.8 Å². The Hall–Kier alpha value is -0.650. The Kier molecular flexibility index (Phi) is 2.23. The largest absolute Gasteiger partial charge is 0.393 e. The number of amides is 1. The fourth-order valence-corrected chi connectivity index (χ4v) is 1.82. The average molecular weight is 187 g/mol. The molecule has 0 aromatic carbocycles. The van der Waals surface area contributed by atoms with Gasteiger partial charge in [0.25, 0.3) is 0 Å². The summed E-state index contributed by atoms with van der Waals surface area (Å²) in [6, 6.07) is -0.0880.